The number of aryl methyl sites for hydroxylation is 1. The first-order chi connectivity index (χ1) is 9.06. The molecule has 0 fully saturated rings. The zero-order chi connectivity index (χ0) is 14.0. The number of carbonyl (C=O) groups is 1. The molecule has 2 N–H and O–H groups in total. The summed E-state index contributed by atoms with van der Waals surface area (Å²) >= 11 is 5.83. The van der Waals surface area contributed by atoms with E-state index in [-0.39, 0.29) is 11.8 Å². The van der Waals surface area contributed by atoms with Gasteiger partial charge < -0.3 is 10.3 Å². The number of hydrogen-bond donors (Lipinski definition) is 1. The van der Waals surface area contributed by atoms with E-state index in [0.29, 0.717) is 12.3 Å². The standard InChI is InChI=1S/C14H18ClN3O/c1-9(2)13(14(16)19)18-11-6-4-3-5-10(11)17-12(18)7-8-15/h3-6,9,13H,7-8H2,1-2H3,(H2,16,19). The lowest BCUT2D eigenvalue weighted by Gasteiger charge is -2.22. The zero-order valence-corrected chi connectivity index (χ0v) is 11.9. The summed E-state index contributed by atoms with van der Waals surface area (Å²) in [6, 6.07) is 7.35. The third kappa shape index (κ3) is 2.59. The van der Waals surface area contributed by atoms with Gasteiger partial charge in [0.05, 0.1) is 11.0 Å². The van der Waals surface area contributed by atoms with Crippen LogP contribution in [-0.4, -0.2) is 21.3 Å². The molecule has 0 spiro atoms. The first-order valence-electron chi connectivity index (χ1n) is 6.37. The van der Waals surface area contributed by atoms with E-state index in [1.807, 2.05) is 42.7 Å². The van der Waals surface area contributed by atoms with Crippen LogP contribution in [0.2, 0.25) is 0 Å². The number of imidazole rings is 1. The molecule has 2 aromatic rings. The van der Waals surface area contributed by atoms with Crippen LogP contribution in [0.15, 0.2) is 24.3 Å². The van der Waals surface area contributed by atoms with E-state index in [9.17, 15) is 4.79 Å². The summed E-state index contributed by atoms with van der Waals surface area (Å²) in [6.45, 7) is 3.96. The summed E-state index contributed by atoms with van der Waals surface area (Å²) in [5.74, 6) is 1.04. The Morgan fingerprint density at radius 3 is 2.68 bits per heavy atom. The largest absolute Gasteiger partial charge is 0.368 e. The molecule has 0 aliphatic heterocycles. The Balaban J connectivity index is 2.67. The van der Waals surface area contributed by atoms with Gasteiger partial charge in [0.15, 0.2) is 0 Å². The maximum Gasteiger partial charge on any atom is 0.240 e. The molecule has 102 valence electrons. The van der Waals surface area contributed by atoms with Gasteiger partial charge in [-0.2, -0.15) is 0 Å². The van der Waals surface area contributed by atoms with Crippen molar-refractivity contribution >= 4 is 28.5 Å². The number of nitrogens with two attached hydrogens (primary N) is 1. The zero-order valence-electron chi connectivity index (χ0n) is 11.1. The van der Waals surface area contributed by atoms with Crippen molar-refractivity contribution in [2.75, 3.05) is 5.88 Å². The summed E-state index contributed by atoms with van der Waals surface area (Å²) in [5, 5.41) is 0. The fourth-order valence-electron chi connectivity index (χ4n) is 2.42. The molecule has 1 heterocycles. The van der Waals surface area contributed by atoms with Crippen molar-refractivity contribution in [3.05, 3.63) is 30.1 Å². The SMILES string of the molecule is CC(C)C(C(N)=O)n1c(CCCl)nc2ccccc21. The molecule has 0 saturated heterocycles. The molecular formula is C14H18ClN3O. The minimum absolute atomic E-state index is 0.101. The van der Waals surface area contributed by atoms with E-state index >= 15 is 0 Å². The van der Waals surface area contributed by atoms with Gasteiger partial charge in [-0.1, -0.05) is 26.0 Å². The lowest BCUT2D eigenvalue weighted by molar-refractivity contribution is -0.122. The Morgan fingerprint density at radius 2 is 2.11 bits per heavy atom. The lowest BCUT2D eigenvalue weighted by atomic mass is 10.0. The van der Waals surface area contributed by atoms with Crippen LogP contribution in [0.25, 0.3) is 11.0 Å². The maximum absolute atomic E-state index is 11.8. The van der Waals surface area contributed by atoms with Crippen molar-refractivity contribution in [2.24, 2.45) is 11.7 Å². The predicted octanol–water partition coefficient (Wildman–Crippen LogP) is 2.50. The molecule has 1 atom stereocenters. The smallest absolute Gasteiger partial charge is 0.240 e. The second kappa shape index (κ2) is 5.61. The highest BCUT2D eigenvalue weighted by molar-refractivity contribution is 6.17. The first kappa shape index (κ1) is 13.9. The van der Waals surface area contributed by atoms with E-state index in [1.54, 1.807) is 0 Å². The first-order valence-corrected chi connectivity index (χ1v) is 6.90. The molecule has 0 aliphatic rings. The van der Waals surface area contributed by atoms with E-state index in [1.165, 1.54) is 0 Å². The van der Waals surface area contributed by atoms with Crippen LogP contribution in [-0.2, 0) is 11.2 Å². The van der Waals surface area contributed by atoms with Crippen molar-refractivity contribution in [1.82, 2.24) is 9.55 Å². The van der Waals surface area contributed by atoms with Crippen molar-refractivity contribution in [1.29, 1.82) is 0 Å². The fraction of sp³-hybridized carbons (Fsp3) is 0.429. The van der Waals surface area contributed by atoms with Gasteiger partial charge in [0.25, 0.3) is 0 Å². The summed E-state index contributed by atoms with van der Waals surface area (Å²) in [5.41, 5.74) is 7.36. The number of fused-ring (bicyclic) bond motifs is 1. The number of amides is 1. The van der Waals surface area contributed by atoms with Crippen molar-refractivity contribution in [3.63, 3.8) is 0 Å². The third-order valence-electron chi connectivity index (χ3n) is 3.19. The van der Waals surface area contributed by atoms with Crippen LogP contribution in [0.3, 0.4) is 0 Å². The summed E-state index contributed by atoms with van der Waals surface area (Å²) in [7, 11) is 0. The Hall–Kier alpha value is -1.55. The maximum atomic E-state index is 11.8. The topological polar surface area (TPSA) is 60.9 Å². The number of benzene rings is 1. The average molecular weight is 280 g/mol. The third-order valence-corrected chi connectivity index (χ3v) is 3.38. The van der Waals surface area contributed by atoms with Gasteiger partial charge in [-0.3, -0.25) is 4.79 Å². The number of carbonyl (C=O) groups excluding carboxylic acids is 1. The molecule has 0 saturated carbocycles. The molecule has 19 heavy (non-hydrogen) atoms. The van der Waals surface area contributed by atoms with Gasteiger partial charge in [-0.05, 0) is 18.1 Å². The van der Waals surface area contributed by atoms with Crippen LogP contribution >= 0.6 is 11.6 Å². The van der Waals surface area contributed by atoms with Crippen molar-refractivity contribution < 1.29 is 4.79 Å². The fourth-order valence-corrected chi connectivity index (χ4v) is 2.59. The number of hydrogen-bond acceptors (Lipinski definition) is 2. The van der Waals surface area contributed by atoms with Gasteiger partial charge in [-0.15, -0.1) is 11.6 Å². The number of rotatable bonds is 5. The molecule has 0 bridgehead atoms. The average Bonchev–Trinajstić information content (AvgIpc) is 2.68. The highest BCUT2D eigenvalue weighted by atomic mass is 35.5. The highest BCUT2D eigenvalue weighted by Gasteiger charge is 2.26. The van der Waals surface area contributed by atoms with E-state index in [4.69, 9.17) is 17.3 Å². The summed E-state index contributed by atoms with van der Waals surface area (Å²) in [4.78, 5) is 16.3. The highest BCUT2D eigenvalue weighted by Crippen LogP contribution is 2.26. The molecule has 2 rings (SSSR count). The van der Waals surface area contributed by atoms with Gasteiger partial charge in [0.2, 0.25) is 5.91 Å². The molecular weight excluding hydrogens is 262 g/mol. The van der Waals surface area contributed by atoms with E-state index in [0.717, 1.165) is 16.9 Å². The molecule has 1 unspecified atom stereocenters. The molecule has 0 aliphatic carbocycles. The van der Waals surface area contributed by atoms with Gasteiger partial charge >= 0.3 is 0 Å². The molecule has 4 nitrogen and oxygen atoms in total. The minimum Gasteiger partial charge on any atom is -0.368 e. The van der Waals surface area contributed by atoms with Gasteiger partial charge in [0.1, 0.15) is 11.9 Å². The normalized spacial score (nSPS) is 13.1. The molecule has 1 aromatic carbocycles. The lowest BCUT2D eigenvalue weighted by Crippen LogP contribution is -2.31. The van der Waals surface area contributed by atoms with Crippen LogP contribution in [0.5, 0.6) is 0 Å². The van der Waals surface area contributed by atoms with Gasteiger partial charge in [-0.25, -0.2) is 4.98 Å². The molecule has 1 amide bonds. The Kier molecular flexibility index (Phi) is 4.10. The number of halogens is 1. The van der Waals surface area contributed by atoms with Crippen molar-refractivity contribution in [3.8, 4) is 0 Å². The Bertz CT molecular complexity index is 591. The quantitative estimate of drug-likeness (QED) is 0.855. The second-order valence-corrected chi connectivity index (χ2v) is 5.29. The number of nitrogens with zero attached hydrogens (tertiary/aromatic N) is 2. The number of para-hydroxylation sites is 2. The van der Waals surface area contributed by atoms with E-state index < -0.39 is 6.04 Å². The van der Waals surface area contributed by atoms with Gasteiger partial charge in [0, 0.05) is 12.3 Å². The Labute approximate surface area is 117 Å². The molecule has 5 heteroatoms. The summed E-state index contributed by atoms with van der Waals surface area (Å²) in [6.07, 6.45) is 0.618. The minimum atomic E-state index is -0.398. The van der Waals surface area contributed by atoms with Crippen LogP contribution in [0, 0.1) is 5.92 Å². The number of primary amides is 1. The Morgan fingerprint density at radius 1 is 1.42 bits per heavy atom. The van der Waals surface area contributed by atoms with Crippen LogP contribution in [0.1, 0.15) is 25.7 Å². The molecule has 1 aromatic heterocycles. The van der Waals surface area contributed by atoms with Crippen LogP contribution < -0.4 is 5.73 Å². The molecule has 0 radical (unpaired) electrons. The number of alkyl halides is 1. The van der Waals surface area contributed by atoms with Crippen LogP contribution in [0.4, 0.5) is 0 Å². The second-order valence-electron chi connectivity index (χ2n) is 4.92. The van der Waals surface area contributed by atoms with Crippen molar-refractivity contribution in [2.45, 2.75) is 26.3 Å². The predicted molar refractivity (Wildman–Crippen MR) is 77.2 cm³/mol. The monoisotopic (exact) mass is 279 g/mol. The summed E-state index contributed by atoms with van der Waals surface area (Å²) < 4.78 is 1.94. The number of aromatic nitrogens is 2. The van der Waals surface area contributed by atoms with E-state index in [2.05, 4.69) is 4.98 Å².